The van der Waals surface area contributed by atoms with Crippen LogP contribution in [0.25, 0.3) is 11.1 Å². The molecule has 0 radical (unpaired) electrons. The van der Waals surface area contributed by atoms with E-state index in [1.807, 2.05) is 6.07 Å². The summed E-state index contributed by atoms with van der Waals surface area (Å²) in [6, 6.07) is 15.1. The van der Waals surface area contributed by atoms with E-state index in [2.05, 4.69) is 37.3 Å². The number of benzene rings is 2. The third kappa shape index (κ3) is 4.78. The van der Waals surface area contributed by atoms with E-state index in [1.54, 1.807) is 6.07 Å². The van der Waals surface area contributed by atoms with E-state index in [4.69, 9.17) is 11.5 Å². The van der Waals surface area contributed by atoms with Gasteiger partial charge in [0, 0.05) is 17.6 Å². The molecule has 0 heterocycles. The Hall–Kier alpha value is -1.71. The van der Waals surface area contributed by atoms with E-state index < -0.39 is 0 Å². The van der Waals surface area contributed by atoms with Crippen molar-refractivity contribution in [2.75, 3.05) is 0 Å². The Balaban J connectivity index is 1.42. The van der Waals surface area contributed by atoms with Crippen molar-refractivity contribution in [1.82, 2.24) is 0 Å². The molecule has 2 nitrogen and oxygen atoms in total. The van der Waals surface area contributed by atoms with Gasteiger partial charge in [-0.3, -0.25) is 0 Å². The SMILES string of the molecule is CCC(N)C1CCC(c2ccc(-c3ccc(C4CCC(N)CC4)cc3F)cc2)CC1. The molecule has 2 aliphatic carbocycles. The zero-order valence-corrected chi connectivity index (χ0v) is 18.3. The quantitative estimate of drug-likeness (QED) is 0.594. The molecular formula is C27H37FN2. The van der Waals surface area contributed by atoms with E-state index in [1.165, 1.54) is 31.2 Å². The second kappa shape index (κ2) is 9.62. The van der Waals surface area contributed by atoms with Gasteiger partial charge in [-0.2, -0.15) is 0 Å². The Morgan fingerprint density at radius 1 is 0.833 bits per heavy atom. The van der Waals surface area contributed by atoms with Crippen LogP contribution in [0.15, 0.2) is 42.5 Å². The lowest BCUT2D eigenvalue weighted by Crippen LogP contribution is -2.32. The number of hydrogen-bond acceptors (Lipinski definition) is 2. The van der Waals surface area contributed by atoms with E-state index in [9.17, 15) is 4.39 Å². The smallest absolute Gasteiger partial charge is 0.131 e. The van der Waals surface area contributed by atoms with Crippen LogP contribution in [0.3, 0.4) is 0 Å². The fraction of sp³-hybridized carbons (Fsp3) is 0.556. The molecule has 0 bridgehead atoms. The molecule has 4 N–H and O–H groups in total. The van der Waals surface area contributed by atoms with Crippen LogP contribution < -0.4 is 11.5 Å². The number of nitrogens with two attached hydrogens (primary N) is 2. The molecule has 1 atom stereocenters. The van der Waals surface area contributed by atoms with Gasteiger partial charge in [0.25, 0.3) is 0 Å². The highest BCUT2D eigenvalue weighted by Gasteiger charge is 2.26. The number of hydrogen-bond donors (Lipinski definition) is 2. The van der Waals surface area contributed by atoms with Crippen LogP contribution in [0.4, 0.5) is 4.39 Å². The third-order valence-electron chi connectivity index (χ3n) is 7.78. The number of rotatable bonds is 5. The molecule has 2 aliphatic rings. The summed E-state index contributed by atoms with van der Waals surface area (Å²) in [5.74, 6) is 1.64. The van der Waals surface area contributed by atoms with Gasteiger partial charge < -0.3 is 11.5 Å². The maximum Gasteiger partial charge on any atom is 0.131 e. The molecule has 3 heteroatoms. The summed E-state index contributed by atoms with van der Waals surface area (Å²) in [5.41, 5.74) is 16.5. The van der Waals surface area contributed by atoms with Crippen LogP contribution in [0.5, 0.6) is 0 Å². The van der Waals surface area contributed by atoms with Crippen molar-refractivity contribution >= 4 is 0 Å². The molecular weight excluding hydrogens is 371 g/mol. The molecule has 0 saturated heterocycles. The predicted octanol–water partition coefficient (Wildman–Crippen LogP) is 6.49. The molecule has 2 fully saturated rings. The molecule has 0 amide bonds. The van der Waals surface area contributed by atoms with Gasteiger partial charge in [-0.1, -0.05) is 43.3 Å². The standard InChI is InChI=1S/C27H37FN2/c1-2-27(30)22-9-5-19(6-10-22)18-3-7-21(8-4-18)25-16-13-23(17-26(25)28)20-11-14-24(29)15-12-20/h3-4,7-8,13,16-17,19-20,22,24,27H,2,5-6,9-12,14-15,29-30H2,1H3. The first kappa shape index (κ1) is 21.5. The second-order valence-corrected chi connectivity index (χ2v) is 9.66. The summed E-state index contributed by atoms with van der Waals surface area (Å²) in [6.45, 7) is 2.19. The molecule has 0 aliphatic heterocycles. The maximum absolute atomic E-state index is 14.9. The van der Waals surface area contributed by atoms with Crippen molar-refractivity contribution in [3.63, 3.8) is 0 Å². The minimum Gasteiger partial charge on any atom is -0.328 e. The molecule has 2 saturated carbocycles. The van der Waals surface area contributed by atoms with Crippen molar-refractivity contribution in [3.8, 4) is 11.1 Å². The monoisotopic (exact) mass is 408 g/mol. The van der Waals surface area contributed by atoms with E-state index in [0.29, 0.717) is 35.4 Å². The molecule has 2 aromatic rings. The number of halogens is 1. The fourth-order valence-electron chi connectivity index (χ4n) is 5.62. The first-order valence-corrected chi connectivity index (χ1v) is 12.0. The summed E-state index contributed by atoms with van der Waals surface area (Å²) in [7, 11) is 0. The van der Waals surface area contributed by atoms with Gasteiger partial charge in [0.05, 0.1) is 0 Å². The van der Waals surface area contributed by atoms with Gasteiger partial charge >= 0.3 is 0 Å². The van der Waals surface area contributed by atoms with Crippen molar-refractivity contribution in [1.29, 1.82) is 0 Å². The molecule has 2 aromatic carbocycles. The van der Waals surface area contributed by atoms with Crippen molar-refractivity contribution in [3.05, 3.63) is 59.4 Å². The third-order valence-corrected chi connectivity index (χ3v) is 7.78. The Bertz CT molecular complexity index is 815. The Morgan fingerprint density at radius 2 is 1.40 bits per heavy atom. The van der Waals surface area contributed by atoms with Crippen molar-refractivity contribution < 1.29 is 4.39 Å². The van der Waals surface area contributed by atoms with Gasteiger partial charge in [-0.25, -0.2) is 4.39 Å². The van der Waals surface area contributed by atoms with E-state index in [-0.39, 0.29) is 5.82 Å². The zero-order chi connectivity index (χ0) is 21.1. The highest BCUT2D eigenvalue weighted by atomic mass is 19.1. The lowest BCUT2D eigenvalue weighted by molar-refractivity contribution is 0.277. The minimum absolute atomic E-state index is 0.107. The lowest BCUT2D eigenvalue weighted by Gasteiger charge is -2.32. The summed E-state index contributed by atoms with van der Waals surface area (Å²) < 4.78 is 14.9. The Kier molecular flexibility index (Phi) is 6.90. The zero-order valence-electron chi connectivity index (χ0n) is 18.3. The van der Waals surface area contributed by atoms with Crippen LogP contribution in [0.2, 0.25) is 0 Å². The first-order valence-electron chi connectivity index (χ1n) is 12.0. The average molecular weight is 409 g/mol. The molecule has 0 spiro atoms. The molecule has 162 valence electrons. The topological polar surface area (TPSA) is 52.0 Å². The van der Waals surface area contributed by atoms with Crippen LogP contribution in [0.1, 0.15) is 87.7 Å². The maximum atomic E-state index is 14.9. The highest BCUT2D eigenvalue weighted by molar-refractivity contribution is 5.65. The van der Waals surface area contributed by atoms with Gasteiger partial charge in [0.2, 0.25) is 0 Å². The minimum atomic E-state index is -0.107. The van der Waals surface area contributed by atoms with Crippen molar-refractivity contribution in [2.24, 2.45) is 17.4 Å². The summed E-state index contributed by atoms with van der Waals surface area (Å²) in [5, 5.41) is 0. The van der Waals surface area contributed by atoms with Gasteiger partial charge in [-0.05, 0) is 98.3 Å². The van der Waals surface area contributed by atoms with Crippen LogP contribution in [-0.4, -0.2) is 12.1 Å². The summed E-state index contributed by atoms with van der Waals surface area (Å²) >= 11 is 0. The van der Waals surface area contributed by atoms with E-state index in [0.717, 1.165) is 43.2 Å². The molecule has 30 heavy (non-hydrogen) atoms. The van der Waals surface area contributed by atoms with E-state index >= 15 is 0 Å². The highest BCUT2D eigenvalue weighted by Crippen LogP contribution is 2.38. The van der Waals surface area contributed by atoms with Crippen LogP contribution in [-0.2, 0) is 0 Å². The summed E-state index contributed by atoms with van der Waals surface area (Å²) in [4.78, 5) is 0. The first-order chi connectivity index (χ1) is 14.5. The van der Waals surface area contributed by atoms with Crippen molar-refractivity contribution in [2.45, 2.75) is 88.6 Å². The molecule has 1 unspecified atom stereocenters. The average Bonchev–Trinajstić information content (AvgIpc) is 2.79. The largest absolute Gasteiger partial charge is 0.328 e. The summed E-state index contributed by atoms with van der Waals surface area (Å²) in [6.07, 6.45) is 10.2. The fourth-order valence-corrected chi connectivity index (χ4v) is 5.62. The second-order valence-electron chi connectivity index (χ2n) is 9.66. The van der Waals surface area contributed by atoms with Crippen LogP contribution in [0, 0.1) is 11.7 Å². The van der Waals surface area contributed by atoms with Gasteiger partial charge in [0.15, 0.2) is 0 Å². The lowest BCUT2D eigenvalue weighted by atomic mass is 9.75. The predicted molar refractivity (Wildman–Crippen MR) is 124 cm³/mol. The molecule has 0 aromatic heterocycles. The molecule has 4 rings (SSSR count). The normalized spacial score (nSPS) is 28.3. The van der Waals surface area contributed by atoms with Gasteiger partial charge in [-0.15, -0.1) is 0 Å². The van der Waals surface area contributed by atoms with Gasteiger partial charge in [0.1, 0.15) is 5.82 Å². The Morgan fingerprint density at radius 3 is 2.00 bits per heavy atom. The Labute approximate surface area is 181 Å². The van der Waals surface area contributed by atoms with Crippen LogP contribution >= 0.6 is 0 Å².